The standard InChI is InChI=1S/C32H30FN5O3S/c1-3-26-27(33)11-10-23-16-25(41-21-39-2)17-24(28(23)26)18-38-20-34-29-30(38)35-32(37-12-7-14-40-15-13-37)36-31(29)42-19-22-8-5-4-6-9-22/h1,4-6,8-11,16-17,20H,7,12-15,18-19,21H2,2H3. The van der Waals surface area contributed by atoms with Crippen LogP contribution in [0, 0.1) is 18.2 Å². The van der Waals surface area contributed by atoms with Gasteiger partial charge in [0.05, 0.1) is 25.0 Å². The molecule has 10 heteroatoms. The van der Waals surface area contributed by atoms with Crippen LogP contribution in [0.5, 0.6) is 5.75 Å². The molecule has 3 heterocycles. The third-order valence-corrected chi connectivity index (χ3v) is 8.13. The molecule has 1 aliphatic heterocycles. The van der Waals surface area contributed by atoms with Gasteiger partial charge in [-0.05, 0) is 41.1 Å². The van der Waals surface area contributed by atoms with Crippen LogP contribution in [0.4, 0.5) is 10.3 Å². The highest BCUT2D eigenvalue weighted by atomic mass is 32.2. The summed E-state index contributed by atoms with van der Waals surface area (Å²) in [5, 5.41) is 2.23. The van der Waals surface area contributed by atoms with Crippen LogP contribution in [0.3, 0.4) is 0 Å². The molecular weight excluding hydrogens is 553 g/mol. The van der Waals surface area contributed by atoms with Crippen LogP contribution in [0.25, 0.3) is 21.9 Å². The van der Waals surface area contributed by atoms with Crippen molar-refractivity contribution in [3.05, 3.63) is 83.4 Å². The Balaban J connectivity index is 1.45. The van der Waals surface area contributed by atoms with Crippen LogP contribution in [0.1, 0.15) is 23.1 Å². The number of methoxy groups -OCH3 is 1. The first kappa shape index (κ1) is 28.0. The van der Waals surface area contributed by atoms with Crippen molar-refractivity contribution in [1.29, 1.82) is 0 Å². The fraction of sp³-hybridized carbons (Fsp3) is 0.281. The van der Waals surface area contributed by atoms with Crippen molar-refractivity contribution in [2.45, 2.75) is 23.7 Å². The number of imidazole rings is 1. The van der Waals surface area contributed by atoms with Gasteiger partial charge in [-0.15, -0.1) is 6.42 Å². The van der Waals surface area contributed by atoms with Crippen LogP contribution in [0.15, 0.2) is 66.0 Å². The molecule has 0 radical (unpaired) electrons. The molecule has 3 aromatic carbocycles. The van der Waals surface area contributed by atoms with Crippen LogP contribution in [-0.4, -0.2) is 59.7 Å². The van der Waals surface area contributed by atoms with Gasteiger partial charge in [-0.2, -0.15) is 4.98 Å². The van der Waals surface area contributed by atoms with E-state index in [9.17, 15) is 4.39 Å². The van der Waals surface area contributed by atoms with Gasteiger partial charge < -0.3 is 23.7 Å². The molecule has 0 amide bonds. The van der Waals surface area contributed by atoms with Crippen molar-refractivity contribution in [2.24, 2.45) is 0 Å². The van der Waals surface area contributed by atoms with Crippen molar-refractivity contribution in [2.75, 3.05) is 45.1 Å². The number of benzene rings is 3. The molecule has 0 unspecified atom stereocenters. The van der Waals surface area contributed by atoms with Gasteiger partial charge in [0.1, 0.15) is 22.1 Å². The number of hydrogen-bond acceptors (Lipinski definition) is 8. The van der Waals surface area contributed by atoms with Gasteiger partial charge in [-0.25, -0.2) is 14.4 Å². The van der Waals surface area contributed by atoms with Crippen molar-refractivity contribution in [3.63, 3.8) is 0 Å². The summed E-state index contributed by atoms with van der Waals surface area (Å²) in [6, 6.07) is 17.1. The Morgan fingerprint density at radius 1 is 1.10 bits per heavy atom. The summed E-state index contributed by atoms with van der Waals surface area (Å²) in [4.78, 5) is 16.9. The first-order valence-corrected chi connectivity index (χ1v) is 14.7. The summed E-state index contributed by atoms with van der Waals surface area (Å²) in [7, 11) is 1.56. The lowest BCUT2D eigenvalue weighted by atomic mass is 9.98. The number of aromatic nitrogens is 4. The van der Waals surface area contributed by atoms with E-state index in [4.69, 9.17) is 35.6 Å². The Kier molecular flexibility index (Phi) is 8.51. The topological polar surface area (TPSA) is 74.5 Å². The zero-order valence-corrected chi connectivity index (χ0v) is 24.1. The largest absolute Gasteiger partial charge is 0.468 e. The molecule has 1 saturated heterocycles. The third kappa shape index (κ3) is 5.90. The van der Waals surface area contributed by atoms with Crippen LogP contribution in [-0.2, 0) is 21.8 Å². The van der Waals surface area contributed by atoms with Crippen molar-refractivity contribution >= 4 is 39.6 Å². The van der Waals surface area contributed by atoms with Gasteiger partial charge in [-0.1, -0.05) is 54.1 Å². The maximum atomic E-state index is 14.9. The van der Waals surface area contributed by atoms with Gasteiger partial charge in [-0.3, -0.25) is 0 Å². The minimum Gasteiger partial charge on any atom is -0.468 e. The number of rotatable bonds is 9. The van der Waals surface area contributed by atoms with Crippen molar-refractivity contribution in [1.82, 2.24) is 19.5 Å². The normalized spacial score (nSPS) is 13.8. The van der Waals surface area contributed by atoms with Crippen molar-refractivity contribution in [3.8, 4) is 18.1 Å². The fourth-order valence-corrected chi connectivity index (χ4v) is 6.02. The minimum atomic E-state index is -0.445. The minimum absolute atomic E-state index is 0.0836. The number of hydrogen-bond donors (Lipinski definition) is 0. The maximum Gasteiger partial charge on any atom is 0.228 e. The summed E-state index contributed by atoms with van der Waals surface area (Å²) in [5.74, 6) is 4.08. The fourth-order valence-electron chi connectivity index (χ4n) is 5.10. The second-order valence-corrected chi connectivity index (χ2v) is 10.9. The summed E-state index contributed by atoms with van der Waals surface area (Å²) in [6.45, 7) is 3.27. The molecule has 2 aromatic heterocycles. The summed E-state index contributed by atoms with van der Waals surface area (Å²) >= 11 is 1.63. The number of halogens is 1. The first-order chi connectivity index (χ1) is 20.6. The van der Waals surface area contributed by atoms with E-state index in [1.54, 1.807) is 31.3 Å². The average molecular weight is 584 g/mol. The highest BCUT2D eigenvalue weighted by molar-refractivity contribution is 7.98. The number of fused-ring (bicyclic) bond motifs is 2. The molecule has 1 aliphatic rings. The van der Waals surface area contributed by atoms with Gasteiger partial charge in [0.15, 0.2) is 12.4 Å². The number of terminal acetylenes is 1. The first-order valence-electron chi connectivity index (χ1n) is 13.7. The molecule has 42 heavy (non-hydrogen) atoms. The van der Waals surface area contributed by atoms with E-state index in [0.717, 1.165) is 41.3 Å². The zero-order valence-electron chi connectivity index (χ0n) is 23.3. The molecule has 0 spiro atoms. The number of nitrogens with zero attached hydrogens (tertiary/aromatic N) is 5. The Morgan fingerprint density at radius 3 is 2.81 bits per heavy atom. The molecule has 0 aliphatic carbocycles. The van der Waals surface area contributed by atoms with Crippen LogP contribution < -0.4 is 9.64 Å². The second kappa shape index (κ2) is 12.8. The molecule has 0 bridgehead atoms. The molecule has 214 valence electrons. The second-order valence-electron chi connectivity index (χ2n) is 9.90. The summed E-state index contributed by atoms with van der Waals surface area (Å²) in [6.07, 6.45) is 8.44. The highest BCUT2D eigenvalue weighted by Gasteiger charge is 2.20. The van der Waals surface area contributed by atoms with E-state index in [1.807, 2.05) is 34.9 Å². The van der Waals surface area contributed by atoms with Gasteiger partial charge in [0.2, 0.25) is 5.95 Å². The Morgan fingerprint density at radius 2 is 1.98 bits per heavy atom. The third-order valence-electron chi connectivity index (χ3n) is 7.09. The van der Waals surface area contributed by atoms with Gasteiger partial charge in [0.25, 0.3) is 0 Å². The van der Waals surface area contributed by atoms with E-state index in [1.165, 1.54) is 11.6 Å². The Hall–Kier alpha value is -4.17. The SMILES string of the molecule is C#Cc1c(F)ccc2cc(OCOC)cc(Cn3cnc4c(SCc5ccccc5)nc(N5CCCOCC5)nc43)c12. The quantitative estimate of drug-likeness (QED) is 0.0954. The number of ether oxygens (including phenoxy) is 3. The predicted octanol–water partition coefficient (Wildman–Crippen LogP) is 5.65. The molecule has 5 aromatic rings. The monoisotopic (exact) mass is 583 g/mol. The molecule has 1 fully saturated rings. The number of thioether (sulfide) groups is 1. The Bertz CT molecular complexity index is 1750. The van der Waals surface area contributed by atoms with Gasteiger partial charge in [0, 0.05) is 37.9 Å². The predicted molar refractivity (Wildman–Crippen MR) is 162 cm³/mol. The lowest BCUT2D eigenvalue weighted by molar-refractivity contribution is 0.0512. The zero-order chi connectivity index (χ0) is 28.9. The van der Waals surface area contributed by atoms with Crippen LogP contribution in [0.2, 0.25) is 0 Å². The van der Waals surface area contributed by atoms with Gasteiger partial charge >= 0.3 is 0 Å². The molecule has 0 saturated carbocycles. The smallest absolute Gasteiger partial charge is 0.228 e. The van der Waals surface area contributed by atoms with Crippen molar-refractivity contribution < 1.29 is 18.6 Å². The Labute approximate surface area is 247 Å². The molecule has 8 nitrogen and oxygen atoms in total. The highest BCUT2D eigenvalue weighted by Crippen LogP contribution is 2.33. The summed E-state index contributed by atoms with van der Waals surface area (Å²) in [5.41, 5.74) is 3.60. The van der Waals surface area contributed by atoms with E-state index in [-0.39, 0.29) is 12.4 Å². The summed E-state index contributed by atoms with van der Waals surface area (Å²) < 4.78 is 33.4. The van der Waals surface area contributed by atoms with E-state index < -0.39 is 5.82 Å². The van der Waals surface area contributed by atoms with E-state index in [0.29, 0.717) is 47.9 Å². The number of anilines is 1. The van der Waals surface area contributed by atoms with E-state index in [2.05, 4.69) is 23.0 Å². The maximum absolute atomic E-state index is 14.9. The van der Waals surface area contributed by atoms with Crippen LogP contribution >= 0.6 is 11.8 Å². The molecule has 0 N–H and O–H groups in total. The molecule has 0 atom stereocenters. The average Bonchev–Trinajstić information content (AvgIpc) is 3.22. The van der Waals surface area contributed by atoms with E-state index >= 15 is 0 Å². The molecule has 6 rings (SSSR count). The molecular formula is C32H30FN5O3S. The lowest BCUT2D eigenvalue weighted by Gasteiger charge is -2.20. The lowest BCUT2D eigenvalue weighted by Crippen LogP contribution is -2.28.